The molecular formula is C20H23F2N7O4S2. The second-order valence-electron chi connectivity index (χ2n) is 9.05. The van der Waals surface area contributed by atoms with Gasteiger partial charge in [-0.3, -0.25) is 9.20 Å². The largest absolute Gasteiger partial charge is 0.367 e. The van der Waals surface area contributed by atoms with Crippen LogP contribution >= 0.6 is 11.3 Å². The quantitative estimate of drug-likeness (QED) is 0.472. The number of primary amides is 1. The summed E-state index contributed by atoms with van der Waals surface area (Å²) >= 11 is 0.700. The Labute approximate surface area is 203 Å². The van der Waals surface area contributed by atoms with E-state index in [-0.39, 0.29) is 22.6 Å². The summed E-state index contributed by atoms with van der Waals surface area (Å²) in [5.74, 6) is -0.637. The minimum atomic E-state index is -3.94. The van der Waals surface area contributed by atoms with Gasteiger partial charge in [0.1, 0.15) is 10.6 Å². The molecule has 3 aromatic heterocycles. The summed E-state index contributed by atoms with van der Waals surface area (Å²) in [7, 11) is -3.94. The van der Waals surface area contributed by atoms with Gasteiger partial charge >= 0.3 is 0 Å². The molecule has 1 aliphatic heterocycles. The lowest BCUT2D eigenvalue weighted by molar-refractivity contribution is -0.133. The first-order valence-corrected chi connectivity index (χ1v) is 13.1. The summed E-state index contributed by atoms with van der Waals surface area (Å²) in [6.45, 7) is 4.05. The number of nitrogens with two attached hydrogens (primary N) is 1. The number of ether oxygens (including phenoxy) is 1. The van der Waals surface area contributed by atoms with Gasteiger partial charge in [-0.25, -0.2) is 26.9 Å². The number of nitrogens with one attached hydrogen (secondary N) is 1. The zero-order valence-corrected chi connectivity index (χ0v) is 20.4. The molecule has 3 N–H and O–H groups in total. The van der Waals surface area contributed by atoms with Gasteiger partial charge in [0.05, 0.1) is 24.5 Å². The highest BCUT2D eigenvalue weighted by Crippen LogP contribution is 2.38. The predicted molar refractivity (Wildman–Crippen MR) is 123 cm³/mol. The molecule has 3 aromatic rings. The third kappa shape index (κ3) is 4.60. The highest BCUT2D eigenvalue weighted by molar-refractivity contribution is 7.89. The first-order valence-electron chi connectivity index (χ1n) is 10.8. The molecule has 0 aromatic carbocycles. The SMILES string of the molecule is C[C@@H]1CN(c2cc(S(=O)(=O)NC3(C)CC3)cn3c(-c4nnc(C(F)F)s4)cnc23)C[C@H](C(N)=O)O1. The van der Waals surface area contributed by atoms with Gasteiger partial charge in [-0.15, -0.1) is 10.2 Å². The number of aromatic nitrogens is 4. The number of hydrogen-bond donors (Lipinski definition) is 2. The molecule has 35 heavy (non-hydrogen) atoms. The zero-order chi connectivity index (χ0) is 25.1. The van der Waals surface area contributed by atoms with E-state index >= 15 is 0 Å². The van der Waals surface area contributed by atoms with Crippen LogP contribution in [0.1, 0.15) is 38.1 Å². The van der Waals surface area contributed by atoms with E-state index in [0.717, 1.165) is 12.8 Å². The highest BCUT2D eigenvalue weighted by Gasteiger charge is 2.42. The van der Waals surface area contributed by atoms with Crippen LogP contribution in [0.3, 0.4) is 0 Å². The summed E-state index contributed by atoms with van der Waals surface area (Å²) in [6, 6.07) is 1.49. The van der Waals surface area contributed by atoms with Crippen LogP contribution in [-0.2, 0) is 19.6 Å². The van der Waals surface area contributed by atoms with E-state index in [2.05, 4.69) is 19.9 Å². The number of nitrogens with zero attached hydrogens (tertiary/aromatic N) is 5. The van der Waals surface area contributed by atoms with Crippen molar-refractivity contribution in [1.29, 1.82) is 0 Å². The number of imidazole rings is 1. The Kier molecular flexibility index (Phi) is 5.77. The van der Waals surface area contributed by atoms with Crippen LogP contribution in [0.15, 0.2) is 23.4 Å². The van der Waals surface area contributed by atoms with Gasteiger partial charge in [0.15, 0.2) is 21.8 Å². The fraction of sp³-hybridized carbons (Fsp3) is 0.500. The number of carbonyl (C=O) groups is 1. The molecule has 1 aliphatic carbocycles. The van der Waals surface area contributed by atoms with E-state index in [9.17, 15) is 22.0 Å². The number of halogens is 2. The van der Waals surface area contributed by atoms with E-state index < -0.39 is 39.0 Å². The number of alkyl halides is 2. The van der Waals surface area contributed by atoms with Gasteiger partial charge < -0.3 is 15.4 Å². The Morgan fingerprint density at radius 3 is 2.71 bits per heavy atom. The van der Waals surface area contributed by atoms with E-state index in [1.54, 1.807) is 11.8 Å². The maximum absolute atomic E-state index is 13.3. The molecule has 0 spiro atoms. The minimum absolute atomic E-state index is 0.0410. The third-order valence-corrected chi connectivity index (χ3v) is 8.58. The van der Waals surface area contributed by atoms with E-state index in [0.29, 0.717) is 34.9 Å². The highest BCUT2D eigenvalue weighted by atomic mass is 32.2. The van der Waals surface area contributed by atoms with Gasteiger partial charge in [-0.1, -0.05) is 11.3 Å². The van der Waals surface area contributed by atoms with Crippen molar-refractivity contribution < 1.29 is 26.7 Å². The average molecular weight is 528 g/mol. The molecule has 1 amide bonds. The lowest BCUT2D eigenvalue weighted by Crippen LogP contribution is -2.51. The summed E-state index contributed by atoms with van der Waals surface area (Å²) in [5, 5.41) is 7.09. The minimum Gasteiger partial charge on any atom is -0.367 e. The molecule has 11 nitrogen and oxygen atoms in total. The van der Waals surface area contributed by atoms with Gasteiger partial charge in [-0.05, 0) is 32.8 Å². The van der Waals surface area contributed by atoms with Crippen LogP contribution in [0.25, 0.3) is 16.3 Å². The molecule has 0 bridgehead atoms. The number of morpholine rings is 1. The lowest BCUT2D eigenvalue weighted by atomic mass is 10.2. The Morgan fingerprint density at radius 1 is 1.34 bits per heavy atom. The molecule has 2 aliphatic rings. The van der Waals surface area contributed by atoms with Gasteiger partial charge in [-0.2, -0.15) is 0 Å². The first-order chi connectivity index (χ1) is 16.5. The Morgan fingerprint density at radius 2 is 2.09 bits per heavy atom. The predicted octanol–water partition coefficient (Wildman–Crippen LogP) is 1.70. The summed E-state index contributed by atoms with van der Waals surface area (Å²) in [4.78, 5) is 18.0. The average Bonchev–Trinajstić information content (AvgIpc) is 3.17. The van der Waals surface area contributed by atoms with Crippen LogP contribution in [-0.4, -0.2) is 64.7 Å². The van der Waals surface area contributed by atoms with Crippen LogP contribution in [0.4, 0.5) is 14.5 Å². The number of rotatable bonds is 7. The number of amides is 1. The van der Waals surface area contributed by atoms with Crippen LogP contribution < -0.4 is 15.4 Å². The fourth-order valence-corrected chi connectivity index (χ4v) is 6.17. The fourth-order valence-electron chi connectivity index (χ4n) is 3.99. The second-order valence-corrected chi connectivity index (χ2v) is 11.7. The van der Waals surface area contributed by atoms with Gasteiger partial charge in [0, 0.05) is 18.3 Å². The maximum Gasteiger partial charge on any atom is 0.291 e. The van der Waals surface area contributed by atoms with E-state index in [4.69, 9.17) is 10.5 Å². The van der Waals surface area contributed by atoms with Crippen molar-refractivity contribution in [3.63, 3.8) is 0 Å². The summed E-state index contributed by atoms with van der Waals surface area (Å²) in [6.07, 6.45) is 0.214. The molecular weight excluding hydrogens is 504 g/mol. The van der Waals surface area contributed by atoms with Gasteiger partial charge in [0.2, 0.25) is 15.9 Å². The Balaban J connectivity index is 1.66. The van der Waals surface area contributed by atoms with Crippen LogP contribution in [0.5, 0.6) is 0 Å². The molecule has 0 unspecified atom stereocenters. The molecule has 15 heteroatoms. The molecule has 1 saturated heterocycles. The number of anilines is 1. The first kappa shape index (κ1) is 24.0. The smallest absolute Gasteiger partial charge is 0.291 e. The van der Waals surface area contributed by atoms with Crippen molar-refractivity contribution in [2.75, 3.05) is 18.0 Å². The normalized spacial score (nSPS) is 22.1. The number of hydrogen-bond acceptors (Lipinski definition) is 9. The number of sulfonamides is 1. The summed E-state index contributed by atoms with van der Waals surface area (Å²) < 4.78 is 62.6. The van der Waals surface area contributed by atoms with E-state index in [1.165, 1.54) is 22.9 Å². The number of fused-ring (bicyclic) bond motifs is 1. The van der Waals surface area contributed by atoms with Gasteiger partial charge in [0.25, 0.3) is 6.43 Å². The lowest BCUT2D eigenvalue weighted by Gasteiger charge is -2.37. The summed E-state index contributed by atoms with van der Waals surface area (Å²) in [5.41, 5.74) is 6.07. The van der Waals surface area contributed by atoms with Crippen LogP contribution in [0, 0.1) is 0 Å². The topological polar surface area (TPSA) is 145 Å². The molecule has 188 valence electrons. The van der Waals surface area contributed by atoms with Crippen molar-refractivity contribution in [3.8, 4) is 10.7 Å². The second kappa shape index (κ2) is 8.43. The van der Waals surface area contributed by atoms with Crippen molar-refractivity contribution >= 4 is 38.6 Å². The zero-order valence-electron chi connectivity index (χ0n) is 18.8. The van der Waals surface area contributed by atoms with Crippen molar-refractivity contribution in [1.82, 2.24) is 24.3 Å². The molecule has 1 saturated carbocycles. The van der Waals surface area contributed by atoms with Crippen molar-refractivity contribution in [2.45, 2.75) is 55.8 Å². The van der Waals surface area contributed by atoms with E-state index in [1.807, 2.05) is 6.92 Å². The molecule has 4 heterocycles. The molecule has 5 rings (SSSR count). The third-order valence-electron chi connectivity index (χ3n) is 6.02. The molecule has 2 fully saturated rings. The number of carbonyl (C=O) groups excluding carboxylic acids is 1. The number of pyridine rings is 1. The molecule has 0 radical (unpaired) electrons. The van der Waals surface area contributed by atoms with Crippen LogP contribution in [0.2, 0.25) is 0 Å². The van der Waals surface area contributed by atoms with Crippen molar-refractivity contribution in [2.24, 2.45) is 5.73 Å². The maximum atomic E-state index is 13.3. The molecule has 2 atom stereocenters. The monoisotopic (exact) mass is 527 g/mol. The van der Waals surface area contributed by atoms with Crippen molar-refractivity contribution in [3.05, 3.63) is 23.5 Å². The standard InChI is InChI=1S/C20H23F2N7O4S2/c1-10-7-28(9-14(33-10)16(23)30)12-5-11(35(31,32)27-20(2)3-4-20)8-29-13(6-24-17(12)29)18-25-26-19(34-18)15(21)22/h5-6,8,10,14-15,27H,3-4,7,9H2,1-2H3,(H2,23,30)/t10-,14-/m1/s1. The Hall–Kier alpha value is -2.75. The Bertz CT molecular complexity index is 1400.